The van der Waals surface area contributed by atoms with Crippen molar-refractivity contribution in [3.05, 3.63) is 90.5 Å². The molecular formula is C26H27OS+. The van der Waals surface area contributed by atoms with Gasteiger partial charge in [-0.15, -0.1) is 0 Å². The highest BCUT2D eigenvalue weighted by Gasteiger charge is 2.40. The third kappa shape index (κ3) is 3.76. The minimum Gasteiger partial charge on any atom is -0.373 e. The van der Waals surface area contributed by atoms with Gasteiger partial charge in [0.25, 0.3) is 0 Å². The van der Waals surface area contributed by atoms with Gasteiger partial charge in [0.2, 0.25) is 0 Å². The lowest BCUT2D eigenvalue weighted by molar-refractivity contribution is 0.00519. The first-order valence-corrected chi connectivity index (χ1v) is 11.6. The molecule has 2 heteroatoms. The van der Waals surface area contributed by atoms with Gasteiger partial charge in [-0.3, -0.25) is 0 Å². The number of hydrogen-bond acceptors (Lipinski definition) is 1. The zero-order valence-electron chi connectivity index (χ0n) is 16.2. The Balaban J connectivity index is 1.34. The van der Waals surface area contributed by atoms with Gasteiger partial charge in [-0.05, 0) is 79.5 Å². The molecule has 3 aromatic carbocycles. The molecule has 5 rings (SSSR count). The lowest BCUT2D eigenvalue weighted by Crippen LogP contribution is -2.20. The minimum atomic E-state index is -0.0710. The Kier molecular flexibility index (Phi) is 5.24. The normalized spacial score (nSPS) is 23.4. The first-order valence-electron chi connectivity index (χ1n) is 10.4. The van der Waals surface area contributed by atoms with Gasteiger partial charge >= 0.3 is 0 Å². The highest BCUT2D eigenvalue weighted by Crippen LogP contribution is 2.46. The third-order valence-electron chi connectivity index (χ3n) is 6.25. The first-order chi connectivity index (χ1) is 13.9. The van der Waals surface area contributed by atoms with Crippen LogP contribution in [0, 0.1) is 11.8 Å². The molecule has 0 amide bonds. The quantitative estimate of drug-likeness (QED) is 0.439. The van der Waals surface area contributed by atoms with E-state index in [0.29, 0.717) is 6.10 Å². The predicted octanol–water partition coefficient (Wildman–Crippen LogP) is 6.49. The largest absolute Gasteiger partial charge is 0.373 e. The average molecular weight is 388 g/mol. The van der Waals surface area contributed by atoms with Gasteiger partial charge in [0.15, 0.2) is 14.7 Å². The lowest BCUT2D eigenvalue weighted by atomic mass is 9.98. The lowest BCUT2D eigenvalue weighted by Gasteiger charge is -2.22. The molecular weight excluding hydrogens is 360 g/mol. The number of benzene rings is 3. The molecule has 2 saturated carbocycles. The summed E-state index contributed by atoms with van der Waals surface area (Å²) < 4.78 is 6.29. The van der Waals surface area contributed by atoms with Gasteiger partial charge in [-0.25, -0.2) is 0 Å². The predicted molar refractivity (Wildman–Crippen MR) is 116 cm³/mol. The number of ether oxygens (including phenoxy) is 1. The van der Waals surface area contributed by atoms with Gasteiger partial charge in [-0.1, -0.05) is 48.5 Å². The van der Waals surface area contributed by atoms with E-state index in [2.05, 4.69) is 84.9 Å². The fourth-order valence-electron chi connectivity index (χ4n) is 4.84. The summed E-state index contributed by atoms with van der Waals surface area (Å²) in [7, 11) is -0.0710. The fourth-order valence-corrected chi connectivity index (χ4v) is 6.92. The topological polar surface area (TPSA) is 9.23 Å². The summed E-state index contributed by atoms with van der Waals surface area (Å²) in [6, 6.07) is 30.8. The second-order valence-corrected chi connectivity index (χ2v) is 10.1. The van der Waals surface area contributed by atoms with E-state index in [1.54, 1.807) is 0 Å². The summed E-state index contributed by atoms with van der Waals surface area (Å²) in [5.41, 5.74) is 1.29. The van der Waals surface area contributed by atoms with Crippen molar-refractivity contribution in [1.29, 1.82) is 0 Å². The average Bonchev–Trinajstić information content (AvgIpc) is 3.38. The van der Waals surface area contributed by atoms with Crippen LogP contribution in [-0.4, -0.2) is 6.10 Å². The highest BCUT2D eigenvalue weighted by molar-refractivity contribution is 7.97. The molecule has 1 nitrogen and oxygen atoms in total. The maximum Gasteiger partial charge on any atom is 0.166 e. The van der Waals surface area contributed by atoms with Crippen LogP contribution in [0.1, 0.15) is 31.2 Å². The van der Waals surface area contributed by atoms with E-state index in [1.807, 2.05) is 0 Å². The molecule has 0 heterocycles. The molecule has 0 N–H and O–H groups in total. The van der Waals surface area contributed by atoms with Crippen LogP contribution in [0.5, 0.6) is 0 Å². The molecule has 0 radical (unpaired) electrons. The molecule has 0 aromatic heterocycles. The van der Waals surface area contributed by atoms with Crippen LogP contribution in [0.2, 0.25) is 0 Å². The van der Waals surface area contributed by atoms with Crippen LogP contribution in [0.15, 0.2) is 99.6 Å². The second-order valence-electron chi connectivity index (χ2n) is 8.10. The van der Waals surface area contributed by atoms with E-state index in [1.165, 1.54) is 45.9 Å². The summed E-state index contributed by atoms with van der Waals surface area (Å²) in [6.45, 7) is 0.749. The Labute approximate surface area is 171 Å². The van der Waals surface area contributed by atoms with Crippen molar-refractivity contribution in [3.8, 4) is 0 Å². The molecule has 3 unspecified atom stereocenters. The van der Waals surface area contributed by atoms with E-state index in [4.69, 9.17) is 4.74 Å². The van der Waals surface area contributed by atoms with Gasteiger partial charge in [0, 0.05) is 0 Å². The standard InChI is InChI=1S/C26H27OS/c1-3-7-23(8-4-1)28(24-9-5-2-6-10-24)25-15-12-20(13-16-25)19-27-26-18-21-11-14-22(26)17-21/h1-10,12-13,15-16,21-22,26H,11,14,17-19H2/q+1. The van der Waals surface area contributed by atoms with Crippen LogP contribution < -0.4 is 0 Å². The van der Waals surface area contributed by atoms with Crippen LogP contribution >= 0.6 is 0 Å². The molecule has 2 aliphatic carbocycles. The van der Waals surface area contributed by atoms with E-state index in [0.717, 1.165) is 18.4 Å². The summed E-state index contributed by atoms with van der Waals surface area (Å²) in [5, 5.41) is 0. The fraction of sp³-hybridized carbons (Fsp3) is 0.308. The molecule has 142 valence electrons. The van der Waals surface area contributed by atoms with Crippen molar-refractivity contribution in [2.24, 2.45) is 11.8 Å². The van der Waals surface area contributed by atoms with E-state index in [-0.39, 0.29) is 10.9 Å². The van der Waals surface area contributed by atoms with Gasteiger partial charge in [0.05, 0.1) is 23.6 Å². The van der Waals surface area contributed by atoms with Crippen molar-refractivity contribution >= 4 is 10.9 Å². The monoisotopic (exact) mass is 387 g/mol. The van der Waals surface area contributed by atoms with Crippen molar-refractivity contribution in [2.75, 3.05) is 0 Å². The number of rotatable bonds is 6. The highest BCUT2D eigenvalue weighted by atomic mass is 32.2. The molecule has 0 spiro atoms. The first kappa shape index (κ1) is 18.0. The zero-order chi connectivity index (χ0) is 18.8. The molecule has 2 bridgehead atoms. The van der Waals surface area contributed by atoms with E-state index in [9.17, 15) is 0 Å². The van der Waals surface area contributed by atoms with Crippen molar-refractivity contribution < 1.29 is 4.74 Å². The van der Waals surface area contributed by atoms with Crippen molar-refractivity contribution in [2.45, 2.75) is 53.1 Å². The Morgan fingerprint density at radius 1 is 0.679 bits per heavy atom. The molecule has 2 aliphatic rings. The molecule has 0 aliphatic heterocycles. The van der Waals surface area contributed by atoms with Gasteiger partial charge < -0.3 is 4.74 Å². The molecule has 3 atom stereocenters. The Hall–Kier alpha value is -2.03. The maximum atomic E-state index is 6.29. The number of fused-ring (bicyclic) bond motifs is 2. The minimum absolute atomic E-state index is 0.0710. The van der Waals surface area contributed by atoms with E-state index < -0.39 is 0 Å². The molecule has 3 aromatic rings. The SMILES string of the molecule is c1ccc([S+](c2ccccc2)c2ccc(COC3CC4CCC3C4)cc2)cc1. The van der Waals surface area contributed by atoms with Gasteiger partial charge in [0.1, 0.15) is 0 Å². The van der Waals surface area contributed by atoms with Crippen LogP contribution in [0.4, 0.5) is 0 Å². The summed E-state index contributed by atoms with van der Waals surface area (Å²) in [5.74, 6) is 1.77. The summed E-state index contributed by atoms with van der Waals surface area (Å²) in [4.78, 5) is 4.08. The van der Waals surface area contributed by atoms with Gasteiger partial charge in [-0.2, -0.15) is 0 Å². The maximum absolute atomic E-state index is 6.29. The van der Waals surface area contributed by atoms with E-state index >= 15 is 0 Å². The Bertz CT molecular complexity index is 851. The van der Waals surface area contributed by atoms with Crippen LogP contribution in [0.25, 0.3) is 0 Å². The van der Waals surface area contributed by atoms with Crippen molar-refractivity contribution in [1.82, 2.24) is 0 Å². The smallest absolute Gasteiger partial charge is 0.166 e. The number of hydrogen-bond donors (Lipinski definition) is 0. The van der Waals surface area contributed by atoms with Crippen LogP contribution in [-0.2, 0) is 22.2 Å². The van der Waals surface area contributed by atoms with Crippen LogP contribution in [0.3, 0.4) is 0 Å². The second kappa shape index (κ2) is 8.14. The Morgan fingerprint density at radius 3 is 1.82 bits per heavy atom. The van der Waals surface area contributed by atoms with Crippen molar-refractivity contribution in [3.63, 3.8) is 0 Å². The molecule has 2 fully saturated rings. The summed E-state index contributed by atoms with van der Waals surface area (Å²) in [6.07, 6.45) is 6.00. The molecule has 0 saturated heterocycles. The third-order valence-corrected chi connectivity index (χ3v) is 8.48. The Morgan fingerprint density at radius 2 is 1.29 bits per heavy atom. The zero-order valence-corrected chi connectivity index (χ0v) is 17.0. The summed E-state index contributed by atoms with van der Waals surface area (Å²) >= 11 is 0. The molecule has 28 heavy (non-hydrogen) atoms.